The lowest BCUT2D eigenvalue weighted by Crippen LogP contribution is -2.18. The van der Waals surface area contributed by atoms with Crippen molar-refractivity contribution in [2.75, 3.05) is 13.1 Å². The molecule has 1 aromatic heterocycles. The van der Waals surface area contributed by atoms with E-state index in [1.807, 2.05) is 30.5 Å². The van der Waals surface area contributed by atoms with E-state index in [0.717, 1.165) is 23.4 Å². The summed E-state index contributed by atoms with van der Waals surface area (Å²) < 4.78 is 0. The lowest BCUT2D eigenvalue weighted by molar-refractivity contribution is -0.136. The largest absolute Gasteiger partial charge is 0.481 e. The number of carbonyl (C=O) groups is 1. The van der Waals surface area contributed by atoms with Crippen molar-refractivity contribution in [3.05, 3.63) is 53.7 Å². The Bertz CT molecular complexity index is 644. The van der Waals surface area contributed by atoms with Crippen LogP contribution in [0.4, 0.5) is 0 Å². The highest BCUT2D eigenvalue weighted by atomic mass is 16.4. The molecule has 1 fully saturated rings. The molecule has 1 aromatic carbocycles. The summed E-state index contributed by atoms with van der Waals surface area (Å²) in [4.78, 5) is 17.6. The van der Waals surface area contributed by atoms with Crippen LogP contribution >= 0.6 is 0 Å². The second kappa shape index (κ2) is 7.38. The zero-order valence-corrected chi connectivity index (χ0v) is 13.2. The highest BCUT2D eigenvalue weighted by Crippen LogP contribution is 2.19. The van der Waals surface area contributed by atoms with Crippen LogP contribution in [-0.4, -0.2) is 34.0 Å². The molecule has 1 aliphatic rings. The monoisotopic (exact) mass is 310 g/mol. The fraction of sp³-hybridized carbons (Fsp3) is 0.368. The molecule has 0 amide bonds. The van der Waals surface area contributed by atoms with E-state index in [4.69, 9.17) is 5.11 Å². The van der Waals surface area contributed by atoms with Crippen molar-refractivity contribution in [3.8, 4) is 11.3 Å². The molecule has 1 aliphatic heterocycles. The van der Waals surface area contributed by atoms with E-state index >= 15 is 0 Å². The van der Waals surface area contributed by atoms with Gasteiger partial charge in [0.1, 0.15) is 0 Å². The summed E-state index contributed by atoms with van der Waals surface area (Å²) in [6.45, 7) is 3.38. The van der Waals surface area contributed by atoms with E-state index in [0.29, 0.717) is 6.42 Å². The van der Waals surface area contributed by atoms with E-state index in [2.05, 4.69) is 22.0 Å². The summed E-state index contributed by atoms with van der Waals surface area (Å²) in [6, 6.07) is 12.2. The molecule has 1 saturated heterocycles. The topological polar surface area (TPSA) is 53.4 Å². The van der Waals surface area contributed by atoms with Crippen molar-refractivity contribution < 1.29 is 9.90 Å². The van der Waals surface area contributed by atoms with Crippen molar-refractivity contribution in [1.29, 1.82) is 0 Å². The molecule has 120 valence electrons. The smallest absolute Gasteiger partial charge is 0.303 e. The van der Waals surface area contributed by atoms with E-state index in [1.165, 1.54) is 31.5 Å². The predicted molar refractivity (Wildman–Crippen MR) is 90.1 cm³/mol. The van der Waals surface area contributed by atoms with Gasteiger partial charge in [-0.25, -0.2) is 0 Å². The second-order valence-corrected chi connectivity index (χ2v) is 6.13. The van der Waals surface area contributed by atoms with Gasteiger partial charge in [-0.2, -0.15) is 0 Å². The zero-order valence-electron chi connectivity index (χ0n) is 13.2. The normalized spacial score (nSPS) is 15.0. The van der Waals surface area contributed by atoms with Crippen LogP contribution in [0.2, 0.25) is 0 Å². The molecule has 2 aromatic rings. The third-order valence-corrected chi connectivity index (χ3v) is 4.31. The Kier molecular flexibility index (Phi) is 5.03. The number of hydrogen-bond donors (Lipinski definition) is 1. The van der Waals surface area contributed by atoms with Crippen LogP contribution in [0.25, 0.3) is 11.3 Å². The van der Waals surface area contributed by atoms with Gasteiger partial charge >= 0.3 is 5.97 Å². The minimum absolute atomic E-state index is 0.169. The first-order chi connectivity index (χ1) is 11.2. The number of likely N-dealkylation sites (tertiary alicyclic amines) is 1. The first-order valence-corrected chi connectivity index (χ1v) is 8.19. The summed E-state index contributed by atoms with van der Waals surface area (Å²) in [6.07, 6.45) is 5.31. The highest BCUT2D eigenvalue weighted by Gasteiger charge is 2.11. The quantitative estimate of drug-likeness (QED) is 0.889. The van der Waals surface area contributed by atoms with Crippen molar-refractivity contribution in [3.63, 3.8) is 0 Å². The van der Waals surface area contributed by atoms with E-state index in [-0.39, 0.29) is 6.42 Å². The van der Waals surface area contributed by atoms with Crippen LogP contribution in [0.5, 0.6) is 0 Å². The van der Waals surface area contributed by atoms with Gasteiger partial charge in [-0.15, -0.1) is 0 Å². The summed E-state index contributed by atoms with van der Waals surface area (Å²) in [7, 11) is 0. The van der Waals surface area contributed by atoms with Crippen molar-refractivity contribution in [1.82, 2.24) is 9.88 Å². The molecule has 0 bridgehead atoms. The molecule has 1 N–H and O–H groups in total. The molecule has 0 aliphatic carbocycles. The second-order valence-electron chi connectivity index (χ2n) is 6.13. The first kappa shape index (κ1) is 15.7. The average molecular weight is 310 g/mol. The Morgan fingerprint density at radius 1 is 1.04 bits per heavy atom. The molecule has 0 radical (unpaired) electrons. The van der Waals surface area contributed by atoms with Crippen LogP contribution in [0.1, 0.15) is 30.4 Å². The van der Waals surface area contributed by atoms with Gasteiger partial charge in [0.25, 0.3) is 0 Å². The number of carboxylic acids is 1. The number of nitrogens with zero attached hydrogens (tertiary/aromatic N) is 2. The van der Waals surface area contributed by atoms with Gasteiger partial charge in [-0.05, 0) is 49.5 Å². The van der Waals surface area contributed by atoms with Crippen LogP contribution in [0.3, 0.4) is 0 Å². The fourth-order valence-corrected chi connectivity index (χ4v) is 2.98. The molecule has 4 heteroatoms. The number of rotatable bonds is 6. The minimum Gasteiger partial charge on any atom is -0.481 e. The van der Waals surface area contributed by atoms with Crippen LogP contribution < -0.4 is 0 Å². The van der Waals surface area contributed by atoms with Crippen LogP contribution in [0.15, 0.2) is 42.6 Å². The molecule has 0 spiro atoms. The average Bonchev–Trinajstić information content (AvgIpc) is 3.07. The molecule has 3 rings (SSSR count). The number of aryl methyl sites for hydroxylation is 1. The maximum Gasteiger partial charge on any atom is 0.303 e. The van der Waals surface area contributed by atoms with Crippen molar-refractivity contribution in [2.24, 2.45) is 0 Å². The standard InChI is InChI=1S/C19H22N2O2/c22-19(23)10-6-15-3-7-17(8-4-15)18-9-5-16(13-20-18)14-21-11-1-2-12-21/h3-5,7-9,13H,1-2,6,10-12,14H2,(H,22,23). The van der Waals surface area contributed by atoms with Crippen molar-refractivity contribution >= 4 is 5.97 Å². The maximum absolute atomic E-state index is 10.6. The number of hydrogen-bond acceptors (Lipinski definition) is 3. The van der Waals surface area contributed by atoms with Gasteiger partial charge < -0.3 is 5.11 Å². The van der Waals surface area contributed by atoms with Crippen molar-refractivity contribution in [2.45, 2.75) is 32.2 Å². The Hall–Kier alpha value is -2.20. The number of benzene rings is 1. The van der Waals surface area contributed by atoms with Crippen LogP contribution in [-0.2, 0) is 17.8 Å². The summed E-state index contributed by atoms with van der Waals surface area (Å²) >= 11 is 0. The summed E-state index contributed by atoms with van der Waals surface area (Å²) in [5.74, 6) is -0.760. The zero-order chi connectivity index (χ0) is 16.1. The Labute approximate surface area is 136 Å². The van der Waals surface area contributed by atoms with E-state index < -0.39 is 5.97 Å². The first-order valence-electron chi connectivity index (χ1n) is 8.19. The molecular formula is C19H22N2O2. The van der Waals surface area contributed by atoms with E-state index in [9.17, 15) is 4.79 Å². The lowest BCUT2D eigenvalue weighted by atomic mass is 10.0. The molecule has 4 nitrogen and oxygen atoms in total. The molecule has 2 heterocycles. The molecule has 23 heavy (non-hydrogen) atoms. The number of aromatic nitrogens is 1. The fourth-order valence-electron chi connectivity index (χ4n) is 2.98. The van der Waals surface area contributed by atoms with Gasteiger partial charge in [-0.3, -0.25) is 14.7 Å². The SMILES string of the molecule is O=C(O)CCc1ccc(-c2ccc(CN3CCCC3)cn2)cc1. The van der Waals surface area contributed by atoms with Gasteiger partial charge in [0.15, 0.2) is 0 Å². The van der Waals surface area contributed by atoms with Crippen LogP contribution in [0, 0.1) is 0 Å². The highest BCUT2D eigenvalue weighted by molar-refractivity contribution is 5.67. The summed E-state index contributed by atoms with van der Waals surface area (Å²) in [5.41, 5.74) is 4.33. The lowest BCUT2D eigenvalue weighted by Gasteiger charge is -2.14. The molecule has 0 saturated carbocycles. The predicted octanol–water partition coefficient (Wildman–Crippen LogP) is 3.36. The Morgan fingerprint density at radius 2 is 1.74 bits per heavy atom. The van der Waals surface area contributed by atoms with Gasteiger partial charge in [0.05, 0.1) is 5.69 Å². The number of pyridine rings is 1. The number of carboxylic acid groups (broad SMARTS) is 1. The Balaban J connectivity index is 1.63. The Morgan fingerprint density at radius 3 is 2.35 bits per heavy atom. The minimum atomic E-state index is -0.760. The molecule has 0 atom stereocenters. The van der Waals surface area contributed by atoms with Gasteiger partial charge in [0.2, 0.25) is 0 Å². The maximum atomic E-state index is 10.6. The van der Waals surface area contributed by atoms with Gasteiger partial charge in [0, 0.05) is 24.7 Å². The molecular weight excluding hydrogens is 288 g/mol. The summed E-state index contributed by atoms with van der Waals surface area (Å²) in [5, 5.41) is 8.72. The third-order valence-electron chi connectivity index (χ3n) is 4.31. The number of aliphatic carboxylic acids is 1. The van der Waals surface area contributed by atoms with E-state index in [1.54, 1.807) is 0 Å². The molecule has 0 unspecified atom stereocenters. The third kappa shape index (κ3) is 4.39. The van der Waals surface area contributed by atoms with Gasteiger partial charge in [-0.1, -0.05) is 30.3 Å².